The first-order valence-electron chi connectivity index (χ1n) is 9.54. The van der Waals surface area contributed by atoms with E-state index in [1.807, 2.05) is 24.3 Å². The number of rotatable bonds is 5. The maximum absolute atomic E-state index is 12.7. The van der Waals surface area contributed by atoms with Crippen LogP contribution in [0.3, 0.4) is 0 Å². The third kappa shape index (κ3) is 4.69. The van der Waals surface area contributed by atoms with E-state index in [2.05, 4.69) is 29.2 Å². The fourth-order valence-electron chi connectivity index (χ4n) is 3.15. The van der Waals surface area contributed by atoms with Crippen molar-refractivity contribution in [2.75, 3.05) is 5.32 Å². The third-order valence-electron chi connectivity index (χ3n) is 4.93. The Morgan fingerprint density at radius 2 is 1.77 bits per heavy atom. The highest BCUT2D eigenvalue weighted by Gasteiger charge is 2.30. The molecule has 0 unspecified atom stereocenters. The van der Waals surface area contributed by atoms with Crippen LogP contribution in [0.25, 0.3) is 5.82 Å². The maximum atomic E-state index is 12.7. The van der Waals surface area contributed by atoms with E-state index < -0.39 is 11.7 Å². The fourth-order valence-corrected chi connectivity index (χ4v) is 3.15. The molecule has 3 rings (SSSR count). The van der Waals surface area contributed by atoms with Crippen LogP contribution in [0.15, 0.2) is 42.6 Å². The van der Waals surface area contributed by atoms with Crippen LogP contribution in [0, 0.1) is 13.8 Å². The molecular formula is C22H23F3N4O. The van der Waals surface area contributed by atoms with Gasteiger partial charge in [0.15, 0.2) is 5.82 Å². The number of carbonyl (C=O) groups is 1. The highest BCUT2D eigenvalue weighted by atomic mass is 19.4. The summed E-state index contributed by atoms with van der Waals surface area (Å²) in [6, 6.07) is 9.91. The predicted octanol–water partition coefficient (Wildman–Crippen LogP) is 5.21. The molecular weight excluding hydrogens is 393 g/mol. The van der Waals surface area contributed by atoms with Gasteiger partial charge in [0.2, 0.25) is 5.91 Å². The Morgan fingerprint density at radius 1 is 1.10 bits per heavy atom. The number of nitrogens with zero attached hydrogens (tertiary/aromatic N) is 3. The number of amides is 1. The zero-order valence-corrected chi connectivity index (χ0v) is 17.2. The lowest BCUT2D eigenvalue weighted by atomic mass is 10.0. The van der Waals surface area contributed by atoms with Gasteiger partial charge in [0.05, 0.1) is 17.7 Å². The van der Waals surface area contributed by atoms with Gasteiger partial charge in [-0.15, -0.1) is 0 Å². The number of hydrogen-bond donors (Lipinski definition) is 1. The molecule has 30 heavy (non-hydrogen) atoms. The minimum atomic E-state index is -4.45. The highest BCUT2D eigenvalue weighted by molar-refractivity contribution is 5.92. The molecule has 0 radical (unpaired) electrons. The molecule has 1 N–H and O–H groups in total. The highest BCUT2D eigenvalue weighted by Crippen LogP contribution is 2.29. The summed E-state index contributed by atoms with van der Waals surface area (Å²) in [5.41, 5.74) is 3.06. The third-order valence-corrected chi connectivity index (χ3v) is 4.93. The van der Waals surface area contributed by atoms with Crippen LogP contribution in [0.2, 0.25) is 0 Å². The second-order valence-corrected chi connectivity index (χ2v) is 7.47. The number of nitrogens with one attached hydrogen (secondary N) is 1. The number of aryl methyl sites for hydroxylation is 1. The summed E-state index contributed by atoms with van der Waals surface area (Å²) < 4.78 is 39.7. The standard InChI is InChI=1S/C22H23F3N4O/c1-13(2)16-5-8-18(9-6-16)27-21(30)11-19-14(3)28-29(15(19)4)20-10-7-17(12-26-20)22(23,24)25/h5-10,12-13H,11H2,1-4H3,(H,27,30). The summed E-state index contributed by atoms with van der Waals surface area (Å²) in [5.74, 6) is 0.475. The van der Waals surface area contributed by atoms with Crippen molar-refractivity contribution in [1.82, 2.24) is 14.8 Å². The van der Waals surface area contributed by atoms with Gasteiger partial charge in [0, 0.05) is 23.1 Å². The molecule has 0 aliphatic carbocycles. The Hall–Kier alpha value is -3.16. The van der Waals surface area contributed by atoms with E-state index in [1.165, 1.54) is 16.3 Å². The Bertz CT molecular complexity index is 1040. The quantitative estimate of drug-likeness (QED) is 0.621. The van der Waals surface area contributed by atoms with Crippen LogP contribution in [-0.4, -0.2) is 20.7 Å². The summed E-state index contributed by atoms with van der Waals surface area (Å²) in [6.45, 7) is 7.72. The lowest BCUT2D eigenvalue weighted by Gasteiger charge is -2.09. The number of anilines is 1. The number of hydrogen-bond acceptors (Lipinski definition) is 3. The van der Waals surface area contributed by atoms with Crippen molar-refractivity contribution in [3.63, 3.8) is 0 Å². The summed E-state index contributed by atoms with van der Waals surface area (Å²) >= 11 is 0. The van der Waals surface area contributed by atoms with Crippen LogP contribution in [0.1, 0.15) is 47.8 Å². The molecule has 0 atom stereocenters. The van der Waals surface area contributed by atoms with Gasteiger partial charge in [-0.05, 0) is 49.6 Å². The molecule has 158 valence electrons. The molecule has 0 saturated heterocycles. The van der Waals surface area contributed by atoms with Gasteiger partial charge in [-0.2, -0.15) is 18.3 Å². The molecule has 0 bridgehead atoms. The van der Waals surface area contributed by atoms with Gasteiger partial charge < -0.3 is 5.32 Å². The lowest BCUT2D eigenvalue weighted by Crippen LogP contribution is -2.15. The Morgan fingerprint density at radius 3 is 2.30 bits per heavy atom. The maximum Gasteiger partial charge on any atom is 0.417 e. The lowest BCUT2D eigenvalue weighted by molar-refractivity contribution is -0.137. The molecule has 0 saturated carbocycles. The van der Waals surface area contributed by atoms with Crippen molar-refractivity contribution in [1.29, 1.82) is 0 Å². The smallest absolute Gasteiger partial charge is 0.326 e. The normalized spacial score (nSPS) is 11.7. The van der Waals surface area contributed by atoms with Gasteiger partial charge in [-0.1, -0.05) is 26.0 Å². The van der Waals surface area contributed by atoms with Crippen LogP contribution >= 0.6 is 0 Å². The van der Waals surface area contributed by atoms with E-state index in [4.69, 9.17) is 0 Å². The molecule has 2 heterocycles. The minimum Gasteiger partial charge on any atom is -0.326 e. The minimum absolute atomic E-state index is 0.101. The SMILES string of the molecule is Cc1nn(-c2ccc(C(F)(F)F)cn2)c(C)c1CC(=O)Nc1ccc(C(C)C)cc1. The second-order valence-electron chi connectivity index (χ2n) is 7.47. The zero-order valence-electron chi connectivity index (χ0n) is 17.2. The second kappa shape index (κ2) is 8.30. The van der Waals surface area contributed by atoms with E-state index in [-0.39, 0.29) is 18.1 Å². The average Bonchev–Trinajstić information content (AvgIpc) is 2.96. The molecule has 1 amide bonds. The number of halogens is 3. The van der Waals surface area contributed by atoms with E-state index in [0.29, 0.717) is 28.6 Å². The van der Waals surface area contributed by atoms with Crippen molar-refractivity contribution in [2.45, 2.75) is 46.2 Å². The molecule has 0 spiro atoms. The monoisotopic (exact) mass is 416 g/mol. The summed E-state index contributed by atoms with van der Waals surface area (Å²) in [5, 5.41) is 7.22. The van der Waals surface area contributed by atoms with Crippen molar-refractivity contribution in [3.8, 4) is 5.82 Å². The molecule has 3 aromatic rings. The molecule has 1 aromatic carbocycles. The van der Waals surface area contributed by atoms with Crippen molar-refractivity contribution >= 4 is 11.6 Å². The number of benzene rings is 1. The average molecular weight is 416 g/mol. The topological polar surface area (TPSA) is 59.8 Å². The van der Waals surface area contributed by atoms with E-state index in [0.717, 1.165) is 12.3 Å². The first-order valence-corrected chi connectivity index (χ1v) is 9.54. The summed E-state index contributed by atoms with van der Waals surface area (Å²) in [7, 11) is 0. The van der Waals surface area contributed by atoms with E-state index in [1.54, 1.807) is 13.8 Å². The largest absolute Gasteiger partial charge is 0.417 e. The molecule has 0 fully saturated rings. The molecule has 8 heteroatoms. The first kappa shape index (κ1) is 21.5. The summed E-state index contributed by atoms with van der Waals surface area (Å²) in [6.07, 6.45) is -3.57. The fraction of sp³-hybridized carbons (Fsp3) is 0.318. The number of carbonyl (C=O) groups excluding carboxylic acids is 1. The first-order chi connectivity index (χ1) is 14.1. The number of alkyl halides is 3. The van der Waals surface area contributed by atoms with E-state index >= 15 is 0 Å². The number of pyridine rings is 1. The molecule has 2 aromatic heterocycles. The van der Waals surface area contributed by atoms with Crippen molar-refractivity contribution < 1.29 is 18.0 Å². The van der Waals surface area contributed by atoms with Crippen molar-refractivity contribution in [3.05, 3.63) is 70.7 Å². The van der Waals surface area contributed by atoms with Gasteiger partial charge in [0.25, 0.3) is 0 Å². The van der Waals surface area contributed by atoms with Crippen molar-refractivity contribution in [2.24, 2.45) is 0 Å². The van der Waals surface area contributed by atoms with Gasteiger partial charge in [-0.25, -0.2) is 9.67 Å². The van der Waals surface area contributed by atoms with Crippen LogP contribution in [0.5, 0.6) is 0 Å². The molecule has 5 nitrogen and oxygen atoms in total. The predicted molar refractivity (Wildman–Crippen MR) is 109 cm³/mol. The van der Waals surface area contributed by atoms with Crippen LogP contribution in [-0.2, 0) is 17.4 Å². The molecule has 0 aliphatic heterocycles. The van der Waals surface area contributed by atoms with Crippen LogP contribution in [0.4, 0.5) is 18.9 Å². The van der Waals surface area contributed by atoms with E-state index in [9.17, 15) is 18.0 Å². The summed E-state index contributed by atoms with van der Waals surface area (Å²) in [4.78, 5) is 16.4. The number of aromatic nitrogens is 3. The zero-order chi connectivity index (χ0) is 22.1. The molecule has 0 aliphatic rings. The van der Waals surface area contributed by atoms with Gasteiger partial charge >= 0.3 is 6.18 Å². The van der Waals surface area contributed by atoms with Gasteiger partial charge in [0.1, 0.15) is 0 Å². The van der Waals surface area contributed by atoms with Crippen LogP contribution < -0.4 is 5.32 Å². The van der Waals surface area contributed by atoms with Gasteiger partial charge in [-0.3, -0.25) is 4.79 Å². The Balaban J connectivity index is 1.76. The Kier molecular flexibility index (Phi) is 5.96. The Labute approximate surface area is 173 Å².